The Bertz CT molecular complexity index is 1500. The summed E-state index contributed by atoms with van der Waals surface area (Å²) in [5.41, 5.74) is 2.35. The Labute approximate surface area is 234 Å². The Morgan fingerprint density at radius 1 is 1.17 bits per heavy atom. The molecule has 0 amide bonds. The summed E-state index contributed by atoms with van der Waals surface area (Å²) in [6.07, 6.45) is 3.83. The van der Waals surface area contributed by atoms with E-state index in [9.17, 15) is 9.59 Å². The first-order valence-corrected chi connectivity index (χ1v) is 14.9. The first-order valence-electron chi connectivity index (χ1n) is 11.2. The predicted octanol–water partition coefficient (Wildman–Crippen LogP) is 5.44. The lowest BCUT2D eigenvalue weighted by Crippen LogP contribution is -2.39. The number of ether oxygens (including phenoxy) is 2. The molecule has 1 atom stereocenters. The molecule has 0 bridgehead atoms. The fourth-order valence-corrected chi connectivity index (χ4v) is 6.90. The van der Waals surface area contributed by atoms with Crippen LogP contribution in [0.3, 0.4) is 0 Å². The van der Waals surface area contributed by atoms with E-state index in [0.29, 0.717) is 33.0 Å². The van der Waals surface area contributed by atoms with Crippen LogP contribution in [0.25, 0.3) is 6.08 Å². The average Bonchev–Trinajstić information content (AvgIpc) is 3.15. The Hall–Kier alpha value is -2.14. The van der Waals surface area contributed by atoms with Gasteiger partial charge in [-0.2, -0.15) is 0 Å². The summed E-state index contributed by atoms with van der Waals surface area (Å²) in [6, 6.07) is 11.1. The number of rotatable bonds is 7. The Balaban J connectivity index is 1.91. The van der Waals surface area contributed by atoms with Crippen molar-refractivity contribution in [2.24, 2.45) is 4.99 Å². The topological polar surface area (TPSA) is 69.9 Å². The number of halogens is 2. The lowest BCUT2D eigenvalue weighted by atomic mass is 9.96. The Morgan fingerprint density at radius 3 is 2.42 bits per heavy atom. The average molecular weight is 652 g/mol. The normalized spacial score (nSPS) is 15.5. The maximum Gasteiger partial charge on any atom is 0.338 e. The molecule has 0 N–H and O–H groups in total. The smallest absolute Gasteiger partial charge is 0.338 e. The third kappa shape index (κ3) is 5.27. The first kappa shape index (κ1) is 26.9. The molecule has 0 aliphatic carbocycles. The van der Waals surface area contributed by atoms with Gasteiger partial charge in [0.05, 0.1) is 44.0 Å². The number of fused-ring (bicyclic) bond motifs is 1. The molecule has 36 heavy (non-hydrogen) atoms. The highest BCUT2D eigenvalue weighted by Crippen LogP contribution is 2.35. The summed E-state index contributed by atoms with van der Waals surface area (Å²) in [6.45, 7) is 6.24. The summed E-state index contributed by atoms with van der Waals surface area (Å²) < 4.78 is 14.7. The van der Waals surface area contributed by atoms with Crippen LogP contribution in [0.15, 0.2) is 71.3 Å². The van der Waals surface area contributed by atoms with Crippen LogP contribution in [0.2, 0.25) is 0 Å². The van der Waals surface area contributed by atoms with Gasteiger partial charge in [-0.15, -0.1) is 11.8 Å². The van der Waals surface area contributed by atoms with Gasteiger partial charge in [-0.3, -0.25) is 9.36 Å². The third-order valence-electron chi connectivity index (χ3n) is 5.56. The van der Waals surface area contributed by atoms with Gasteiger partial charge in [0.25, 0.3) is 5.56 Å². The maximum atomic E-state index is 13.8. The second-order valence-corrected chi connectivity index (χ2v) is 11.4. The number of hydrogen-bond acceptors (Lipinski definition) is 7. The number of thioether (sulfide) groups is 1. The van der Waals surface area contributed by atoms with Gasteiger partial charge in [0.2, 0.25) is 0 Å². The van der Waals surface area contributed by atoms with Crippen LogP contribution in [0.5, 0.6) is 5.75 Å². The van der Waals surface area contributed by atoms with Crippen molar-refractivity contribution in [1.82, 2.24) is 4.57 Å². The third-order valence-corrected chi connectivity index (χ3v) is 8.46. The highest BCUT2D eigenvalue weighted by Gasteiger charge is 2.33. The van der Waals surface area contributed by atoms with Gasteiger partial charge in [0.15, 0.2) is 4.80 Å². The van der Waals surface area contributed by atoms with Crippen LogP contribution in [0.1, 0.15) is 37.9 Å². The van der Waals surface area contributed by atoms with E-state index in [0.717, 1.165) is 25.0 Å². The van der Waals surface area contributed by atoms with Crippen molar-refractivity contribution in [3.63, 3.8) is 0 Å². The number of carbonyl (C=O) groups excluding carboxylic acids is 1. The van der Waals surface area contributed by atoms with E-state index in [1.165, 1.54) is 11.3 Å². The van der Waals surface area contributed by atoms with Crippen molar-refractivity contribution in [3.05, 3.63) is 87.4 Å². The number of thiazole rings is 1. The maximum absolute atomic E-state index is 13.8. The molecule has 6 nitrogen and oxygen atoms in total. The lowest BCUT2D eigenvalue weighted by molar-refractivity contribution is -0.139. The molecule has 2 aromatic carbocycles. The van der Waals surface area contributed by atoms with Crippen molar-refractivity contribution >= 4 is 67.0 Å². The molecule has 10 heteroatoms. The second kappa shape index (κ2) is 11.5. The molecular formula is C26H24Br2N2O4S2. The van der Waals surface area contributed by atoms with Crippen LogP contribution in [0, 0.1) is 0 Å². The molecule has 0 fully saturated rings. The van der Waals surface area contributed by atoms with Gasteiger partial charge in [0, 0.05) is 4.90 Å². The predicted molar refractivity (Wildman–Crippen MR) is 152 cm³/mol. The van der Waals surface area contributed by atoms with E-state index >= 15 is 0 Å². The van der Waals surface area contributed by atoms with E-state index in [2.05, 4.69) is 36.9 Å². The molecule has 0 unspecified atom stereocenters. The van der Waals surface area contributed by atoms with E-state index in [1.807, 2.05) is 55.7 Å². The largest absolute Gasteiger partial charge is 0.492 e. The molecule has 2 heterocycles. The summed E-state index contributed by atoms with van der Waals surface area (Å²) >= 11 is 10.0. The zero-order chi connectivity index (χ0) is 26.0. The van der Waals surface area contributed by atoms with Gasteiger partial charge in [-0.1, -0.05) is 23.5 Å². The Kier molecular flexibility index (Phi) is 8.59. The van der Waals surface area contributed by atoms with Crippen molar-refractivity contribution in [3.8, 4) is 5.75 Å². The molecule has 188 valence electrons. The molecule has 0 spiro atoms. The van der Waals surface area contributed by atoms with Gasteiger partial charge >= 0.3 is 5.97 Å². The van der Waals surface area contributed by atoms with E-state index in [1.54, 1.807) is 30.2 Å². The minimum Gasteiger partial charge on any atom is -0.492 e. The number of aromatic nitrogens is 1. The minimum atomic E-state index is -0.628. The minimum absolute atomic E-state index is 0.215. The number of hydrogen-bond donors (Lipinski definition) is 0. The molecular weight excluding hydrogens is 628 g/mol. The van der Waals surface area contributed by atoms with Gasteiger partial charge in [-0.05, 0) is 100 Å². The molecule has 0 radical (unpaired) electrons. The summed E-state index contributed by atoms with van der Waals surface area (Å²) in [4.78, 5) is 33.0. The first-order chi connectivity index (χ1) is 17.3. The lowest BCUT2D eigenvalue weighted by Gasteiger charge is -2.24. The monoisotopic (exact) mass is 650 g/mol. The highest BCUT2D eigenvalue weighted by molar-refractivity contribution is 9.11. The summed E-state index contributed by atoms with van der Waals surface area (Å²) in [5, 5.41) is 0. The second-order valence-electron chi connectivity index (χ2n) is 7.82. The van der Waals surface area contributed by atoms with Crippen LogP contribution < -0.4 is 19.6 Å². The molecule has 1 aliphatic rings. The molecule has 0 saturated heterocycles. The van der Waals surface area contributed by atoms with Crippen molar-refractivity contribution in [2.45, 2.75) is 31.7 Å². The number of nitrogens with zero attached hydrogens (tertiary/aromatic N) is 2. The van der Waals surface area contributed by atoms with Crippen LogP contribution in [0.4, 0.5) is 0 Å². The highest BCUT2D eigenvalue weighted by atomic mass is 79.9. The Morgan fingerprint density at radius 2 is 1.83 bits per heavy atom. The fraction of sp³-hybridized carbons (Fsp3) is 0.269. The van der Waals surface area contributed by atoms with Crippen molar-refractivity contribution in [2.75, 3.05) is 19.5 Å². The summed E-state index contributed by atoms with van der Waals surface area (Å²) in [7, 11) is 0. The van der Waals surface area contributed by atoms with Crippen molar-refractivity contribution in [1.29, 1.82) is 0 Å². The number of esters is 1. The molecule has 1 aliphatic heterocycles. The van der Waals surface area contributed by atoms with Gasteiger partial charge < -0.3 is 9.47 Å². The van der Waals surface area contributed by atoms with Crippen LogP contribution in [-0.4, -0.2) is 30.0 Å². The molecule has 0 saturated carbocycles. The van der Waals surface area contributed by atoms with E-state index in [4.69, 9.17) is 9.47 Å². The van der Waals surface area contributed by atoms with E-state index < -0.39 is 12.0 Å². The van der Waals surface area contributed by atoms with E-state index in [-0.39, 0.29) is 12.2 Å². The van der Waals surface area contributed by atoms with Crippen LogP contribution >= 0.6 is 55.0 Å². The summed E-state index contributed by atoms with van der Waals surface area (Å²) in [5.74, 6) is 0.242. The molecule has 4 rings (SSSR count). The van der Waals surface area contributed by atoms with Gasteiger partial charge in [0.1, 0.15) is 5.75 Å². The molecule has 3 aromatic rings. The number of allylic oxidation sites excluding steroid dienone is 1. The zero-order valence-electron chi connectivity index (χ0n) is 20.1. The van der Waals surface area contributed by atoms with Crippen molar-refractivity contribution < 1.29 is 14.3 Å². The van der Waals surface area contributed by atoms with Crippen LogP contribution in [-0.2, 0) is 9.53 Å². The standard InChI is InChI=1S/C26H24Br2N2O4S2/c1-5-33-23-18(27)11-15(12-19(23)28)13-20-24(31)30-22(16-7-9-17(35-4)10-8-16)21(25(32)34-6-2)14(3)29-26(30)36-20/h7-13,22H,5-6H2,1-4H3/b20-13-/t22-/m0/s1. The SMILES string of the molecule is CCOC(=O)C1=C(C)N=c2s/c(=C\c3cc(Br)c(OCC)c(Br)c3)c(=O)n2[C@H]1c1ccc(SC)cc1. The quantitative estimate of drug-likeness (QED) is 0.251. The number of carbonyl (C=O) groups is 1. The zero-order valence-corrected chi connectivity index (χ0v) is 24.9. The fourth-order valence-electron chi connectivity index (χ4n) is 3.99. The number of benzene rings is 2. The molecule has 1 aromatic heterocycles. The van der Waals surface area contributed by atoms with Gasteiger partial charge in [-0.25, -0.2) is 9.79 Å².